The third kappa shape index (κ3) is 15.0. The molecule has 0 aromatic rings. The fourth-order valence-corrected chi connectivity index (χ4v) is 6.00. The molecule has 0 amide bonds. The van der Waals surface area contributed by atoms with Crippen LogP contribution in [0.5, 0.6) is 0 Å². The number of allylic oxidation sites excluding steroid dienone is 21. The van der Waals surface area contributed by atoms with Gasteiger partial charge in [-0.25, -0.2) is 0 Å². The monoisotopic (exact) mass is 746 g/mol. The minimum absolute atomic E-state index is 0.489. The average Bonchev–Trinajstić information content (AvgIpc) is 3.08. The highest BCUT2D eigenvalue weighted by Crippen LogP contribution is 2.41. The van der Waals surface area contributed by atoms with Gasteiger partial charge in [0, 0.05) is 5.41 Å². The van der Waals surface area contributed by atoms with Crippen molar-refractivity contribution in [1.29, 1.82) is 0 Å². The predicted octanol–water partition coefficient (Wildman–Crippen LogP) is 7.51. The lowest BCUT2D eigenvalue weighted by atomic mass is 9.69. The van der Waals surface area contributed by atoms with E-state index in [1.165, 1.54) is 0 Å². The van der Waals surface area contributed by atoms with Gasteiger partial charge in [-0.05, 0) is 74.3 Å². The van der Waals surface area contributed by atoms with Gasteiger partial charge in [0.15, 0.2) is 6.29 Å². The van der Waals surface area contributed by atoms with Gasteiger partial charge in [-0.1, -0.05) is 151 Å². The van der Waals surface area contributed by atoms with Gasteiger partial charge in [0.25, 0.3) is 0 Å². The summed E-state index contributed by atoms with van der Waals surface area (Å²) in [4.78, 5) is 0. The molecule has 0 saturated carbocycles. The van der Waals surface area contributed by atoms with Gasteiger partial charge in [-0.2, -0.15) is 0 Å². The van der Waals surface area contributed by atoms with Gasteiger partial charge in [0.1, 0.15) is 24.4 Å². The standard InChI is InChI=1S/C46H66O8/c1-30(17-12-13-18-31(2)20-15-23-33(4)25-27-37-35(6)29-38(47)43(51)45(37,8)9)19-14-21-32(3)22-16-24-34(5)26-28-39(46(10,11)52)54-44-42(50)41(49)40(48)36(7)53-44/h12-28,36,38-44,47-52H,29H2,1-11H3. The largest absolute Gasteiger partial charge is 0.390 e. The number of rotatable bonds is 15. The van der Waals surface area contributed by atoms with E-state index in [9.17, 15) is 30.6 Å². The summed E-state index contributed by atoms with van der Waals surface area (Å²) in [5.41, 5.74) is 5.66. The smallest absolute Gasteiger partial charge is 0.187 e. The Morgan fingerprint density at radius 1 is 0.704 bits per heavy atom. The Balaban J connectivity index is 1.91. The van der Waals surface area contributed by atoms with Gasteiger partial charge in [-0.15, -0.1) is 0 Å². The van der Waals surface area contributed by atoms with E-state index in [0.29, 0.717) is 6.42 Å². The molecule has 1 saturated heterocycles. The van der Waals surface area contributed by atoms with Crippen molar-refractivity contribution in [2.24, 2.45) is 5.41 Å². The minimum atomic E-state index is -1.46. The highest BCUT2D eigenvalue weighted by atomic mass is 16.7. The molecule has 8 atom stereocenters. The van der Waals surface area contributed by atoms with Crippen molar-refractivity contribution in [2.75, 3.05) is 0 Å². The summed E-state index contributed by atoms with van der Waals surface area (Å²) in [6.07, 6.45) is 25.9. The third-order valence-electron chi connectivity index (χ3n) is 9.59. The summed E-state index contributed by atoms with van der Waals surface area (Å²) in [5.74, 6) is 0. The summed E-state index contributed by atoms with van der Waals surface area (Å²) >= 11 is 0. The summed E-state index contributed by atoms with van der Waals surface area (Å²) < 4.78 is 11.4. The van der Waals surface area contributed by atoms with Gasteiger partial charge >= 0.3 is 0 Å². The minimum Gasteiger partial charge on any atom is -0.390 e. The maximum absolute atomic E-state index is 10.7. The van der Waals surface area contributed by atoms with Gasteiger partial charge in [0.2, 0.25) is 0 Å². The second-order valence-electron chi connectivity index (χ2n) is 15.7. The summed E-state index contributed by atoms with van der Waals surface area (Å²) in [5, 5.41) is 61.7. The van der Waals surface area contributed by atoms with Crippen molar-refractivity contribution in [1.82, 2.24) is 0 Å². The molecule has 0 aromatic heterocycles. The molecule has 54 heavy (non-hydrogen) atoms. The zero-order chi connectivity index (χ0) is 40.8. The Morgan fingerprint density at radius 3 is 1.63 bits per heavy atom. The second-order valence-corrected chi connectivity index (χ2v) is 15.7. The molecular weight excluding hydrogens is 680 g/mol. The lowest BCUT2D eigenvalue weighted by molar-refractivity contribution is -0.309. The number of hydrogen-bond donors (Lipinski definition) is 6. The molecule has 1 heterocycles. The van der Waals surface area contributed by atoms with Crippen molar-refractivity contribution in [3.8, 4) is 0 Å². The molecule has 0 aromatic carbocycles. The third-order valence-corrected chi connectivity index (χ3v) is 9.59. The van der Waals surface area contributed by atoms with Crippen LogP contribution in [-0.4, -0.2) is 85.3 Å². The predicted molar refractivity (Wildman–Crippen MR) is 220 cm³/mol. The summed E-state index contributed by atoms with van der Waals surface area (Å²) in [6.45, 7) is 20.8. The zero-order valence-electron chi connectivity index (χ0n) is 34.1. The van der Waals surface area contributed by atoms with Crippen LogP contribution in [0.3, 0.4) is 0 Å². The van der Waals surface area contributed by atoms with Gasteiger partial charge < -0.3 is 40.1 Å². The van der Waals surface area contributed by atoms with Crippen molar-refractivity contribution >= 4 is 0 Å². The van der Waals surface area contributed by atoms with E-state index in [1.54, 1.807) is 32.9 Å². The molecule has 2 rings (SSSR count). The van der Waals surface area contributed by atoms with E-state index < -0.39 is 60.0 Å². The molecule has 0 radical (unpaired) electrons. The SMILES string of the molecule is CC(C=CC=C(C)C=CC=C(C)C=CC(OC1OC(C)C(O)C(O)C1O)C(C)(C)O)=CC=CC=C(C)C=CC=C(C)C=CC1=C(C)CC(O)C(O)C1(C)C. The summed E-state index contributed by atoms with van der Waals surface area (Å²) in [7, 11) is 0. The first-order valence-corrected chi connectivity index (χ1v) is 18.7. The van der Waals surface area contributed by atoms with Crippen LogP contribution in [0, 0.1) is 5.41 Å². The quantitative estimate of drug-likeness (QED) is 0.0948. The Hall–Kier alpha value is -3.44. The van der Waals surface area contributed by atoms with Crippen LogP contribution in [0.2, 0.25) is 0 Å². The topological polar surface area (TPSA) is 140 Å². The van der Waals surface area contributed by atoms with E-state index in [1.807, 2.05) is 109 Å². The number of aliphatic hydroxyl groups is 6. The molecule has 0 bridgehead atoms. The first kappa shape index (κ1) is 46.7. The Bertz CT molecular complexity index is 1610. The molecule has 2 aliphatic rings. The van der Waals surface area contributed by atoms with E-state index in [0.717, 1.165) is 39.0 Å². The van der Waals surface area contributed by atoms with Gasteiger partial charge in [-0.3, -0.25) is 0 Å². The first-order chi connectivity index (χ1) is 25.1. The van der Waals surface area contributed by atoms with Crippen LogP contribution >= 0.6 is 0 Å². The Morgan fingerprint density at radius 2 is 1.15 bits per heavy atom. The summed E-state index contributed by atoms with van der Waals surface area (Å²) in [6, 6.07) is 0. The lowest BCUT2D eigenvalue weighted by Gasteiger charge is -2.41. The van der Waals surface area contributed by atoms with Gasteiger partial charge in [0.05, 0.1) is 23.9 Å². The molecular formula is C46H66O8. The molecule has 0 spiro atoms. The maximum Gasteiger partial charge on any atom is 0.187 e. The Labute approximate surface area is 324 Å². The van der Waals surface area contributed by atoms with E-state index in [2.05, 4.69) is 37.3 Å². The molecule has 1 aliphatic carbocycles. The van der Waals surface area contributed by atoms with Crippen LogP contribution in [0.15, 0.2) is 142 Å². The van der Waals surface area contributed by atoms with E-state index in [-0.39, 0.29) is 0 Å². The van der Waals surface area contributed by atoms with Crippen LogP contribution < -0.4 is 0 Å². The molecule has 8 unspecified atom stereocenters. The van der Waals surface area contributed by atoms with Crippen molar-refractivity contribution < 1.29 is 40.1 Å². The molecule has 1 fully saturated rings. The normalized spacial score (nSPS) is 29.4. The number of aliphatic hydroxyl groups excluding tert-OH is 5. The zero-order valence-corrected chi connectivity index (χ0v) is 34.1. The lowest BCUT2D eigenvalue weighted by Crippen LogP contribution is -2.58. The fraction of sp³-hybridized carbons (Fsp3) is 0.478. The van der Waals surface area contributed by atoms with E-state index in [4.69, 9.17) is 9.47 Å². The fourth-order valence-electron chi connectivity index (χ4n) is 6.00. The Kier molecular flexibility index (Phi) is 18.7. The highest BCUT2D eigenvalue weighted by Gasteiger charge is 2.44. The van der Waals surface area contributed by atoms with Crippen molar-refractivity contribution in [3.63, 3.8) is 0 Å². The van der Waals surface area contributed by atoms with Crippen LogP contribution in [0.4, 0.5) is 0 Å². The van der Waals surface area contributed by atoms with E-state index >= 15 is 0 Å². The van der Waals surface area contributed by atoms with Crippen molar-refractivity contribution in [3.05, 3.63) is 142 Å². The molecule has 8 heteroatoms. The number of hydrogen-bond acceptors (Lipinski definition) is 8. The second kappa shape index (κ2) is 21.6. The first-order valence-electron chi connectivity index (χ1n) is 18.7. The molecule has 8 nitrogen and oxygen atoms in total. The number of ether oxygens (including phenoxy) is 2. The van der Waals surface area contributed by atoms with Crippen LogP contribution in [0.1, 0.15) is 82.6 Å². The highest BCUT2D eigenvalue weighted by molar-refractivity contribution is 5.39. The average molecular weight is 747 g/mol. The molecule has 1 aliphatic heterocycles. The van der Waals surface area contributed by atoms with Crippen LogP contribution in [-0.2, 0) is 9.47 Å². The van der Waals surface area contributed by atoms with Crippen LogP contribution in [0.25, 0.3) is 0 Å². The molecule has 6 N–H and O–H groups in total. The van der Waals surface area contributed by atoms with Crippen molar-refractivity contribution in [2.45, 2.75) is 137 Å². The maximum atomic E-state index is 10.7. The molecule has 298 valence electrons.